The minimum Gasteiger partial charge on any atom is -0.296 e. The predicted molar refractivity (Wildman–Crippen MR) is 64.9 cm³/mol. The van der Waals surface area contributed by atoms with Crippen molar-refractivity contribution in [2.24, 2.45) is 0 Å². The molecule has 0 amide bonds. The molecule has 0 radical (unpaired) electrons. The number of aromatic nitrogens is 1. The summed E-state index contributed by atoms with van der Waals surface area (Å²) in [6.45, 7) is 0. The predicted octanol–water partition coefficient (Wildman–Crippen LogP) is 3.64. The van der Waals surface area contributed by atoms with Crippen molar-refractivity contribution in [3.8, 4) is 10.4 Å². The highest BCUT2D eigenvalue weighted by molar-refractivity contribution is 7.15. The lowest BCUT2D eigenvalue weighted by atomic mass is 10.1. The van der Waals surface area contributed by atoms with Gasteiger partial charge in [-0.25, -0.2) is 9.37 Å². The fraction of sp³-hybridized carbons (Fsp3) is 0.231. The third-order valence-corrected chi connectivity index (χ3v) is 4.10. The van der Waals surface area contributed by atoms with Gasteiger partial charge in [-0.1, -0.05) is 12.1 Å². The Morgan fingerprint density at radius 1 is 1.29 bits per heavy atom. The van der Waals surface area contributed by atoms with Crippen LogP contribution in [0.15, 0.2) is 24.3 Å². The van der Waals surface area contributed by atoms with E-state index in [0.29, 0.717) is 11.6 Å². The molecule has 2 aromatic rings. The van der Waals surface area contributed by atoms with Gasteiger partial charge in [0, 0.05) is 5.92 Å². The number of benzene rings is 1. The number of nitrogens with zero attached hydrogens (tertiary/aromatic N) is 1. The van der Waals surface area contributed by atoms with E-state index in [1.54, 1.807) is 23.5 Å². The molecule has 0 atom stereocenters. The van der Waals surface area contributed by atoms with E-state index in [1.807, 2.05) is 0 Å². The largest absolute Gasteiger partial charge is 0.296 e. The monoisotopic (exact) mass is 247 g/mol. The topological polar surface area (TPSA) is 30.0 Å². The second-order valence-corrected chi connectivity index (χ2v) is 5.20. The van der Waals surface area contributed by atoms with Crippen LogP contribution in [0.3, 0.4) is 0 Å². The van der Waals surface area contributed by atoms with Crippen molar-refractivity contribution in [1.82, 2.24) is 4.98 Å². The molecule has 0 bridgehead atoms. The Morgan fingerprint density at radius 2 is 2.00 bits per heavy atom. The number of carbonyl (C=O) groups is 1. The minimum absolute atomic E-state index is 0.270. The van der Waals surface area contributed by atoms with Gasteiger partial charge in [-0.15, -0.1) is 11.3 Å². The zero-order valence-electron chi connectivity index (χ0n) is 9.02. The SMILES string of the molecule is O=Cc1nc(C2CC2)sc1-c1ccc(F)cc1. The molecule has 86 valence electrons. The van der Waals surface area contributed by atoms with E-state index >= 15 is 0 Å². The molecule has 3 rings (SSSR count). The number of rotatable bonds is 3. The molecule has 1 aliphatic carbocycles. The molecule has 0 unspecified atom stereocenters. The quantitative estimate of drug-likeness (QED) is 0.775. The number of halogens is 1. The zero-order chi connectivity index (χ0) is 11.8. The Bertz CT molecular complexity index is 557. The summed E-state index contributed by atoms with van der Waals surface area (Å²) in [7, 11) is 0. The van der Waals surface area contributed by atoms with E-state index in [1.165, 1.54) is 12.1 Å². The number of hydrogen-bond acceptors (Lipinski definition) is 3. The first kappa shape index (κ1) is 10.6. The summed E-state index contributed by atoms with van der Waals surface area (Å²) in [5.74, 6) is 0.265. The Balaban J connectivity index is 2.05. The van der Waals surface area contributed by atoms with Gasteiger partial charge >= 0.3 is 0 Å². The number of thiazole rings is 1. The van der Waals surface area contributed by atoms with Gasteiger partial charge in [0.05, 0.1) is 9.88 Å². The molecule has 1 fully saturated rings. The molecule has 0 spiro atoms. The van der Waals surface area contributed by atoms with Crippen LogP contribution < -0.4 is 0 Å². The molecular weight excluding hydrogens is 237 g/mol. The lowest BCUT2D eigenvalue weighted by Gasteiger charge is -1.97. The van der Waals surface area contributed by atoms with Crippen molar-refractivity contribution in [1.29, 1.82) is 0 Å². The number of aldehydes is 1. The van der Waals surface area contributed by atoms with Gasteiger partial charge in [0.25, 0.3) is 0 Å². The highest BCUT2D eigenvalue weighted by atomic mass is 32.1. The molecule has 4 heteroatoms. The maximum absolute atomic E-state index is 12.8. The van der Waals surface area contributed by atoms with Crippen LogP contribution >= 0.6 is 11.3 Å². The van der Waals surface area contributed by atoms with E-state index in [4.69, 9.17) is 0 Å². The fourth-order valence-corrected chi connectivity index (χ4v) is 2.95. The first-order valence-corrected chi connectivity index (χ1v) is 6.31. The molecule has 0 aliphatic heterocycles. The molecule has 0 N–H and O–H groups in total. The van der Waals surface area contributed by atoms with E-state index in [-0.39, 0.29) is 5.82 Å². The summed E-state index contributed by atoms with van der Waals surface area (Å²) >= 11 is 1.55. The van der Waals surface area contributed by atoms with E-state index in [2.05, 4.69) is 4.98 Å². The Kier molecular flexibility index (Phi) is 2.52. The Labute approximate surface area is 102 Å². The Hall–Kier alpha value is -1.55. The highest BCUT2D eigenvalue weighted by Crippen LogP contribution is 2.44. The third-order valence-electron chi connectivity index (χ3n) is 2.81. The van der Waals surface area contributed by atoms with Crippen LogP contribution in [0.2, 0.25) is 0 Å². The summed E-state index contributed by atoms with van der Waals surface area (Å²) in [6.07, 6.45) is 3.10. The van der Waals surface area contributed by atoms with Crippen LogP contribution in [0.1, 0.15) is 34.3 Å². The van der Waals surface area contributed by atoms with Crippen molar-refractivity contribution >= 4 is 17.6 Å². The van der Waals surface area contributed by atoms with Crippen LogP contribution in [0.5, 0.6) is 0 Å². The summed E-state index contributed by atoms with van der Waals surface area (Å²) in [5, 5.41) is 1.03. The fourth-order valence-electron chi connectivity index (χ4n) is 1.74. The van der Waals surface area contributed by atoms with Gasteiger partial charge in [-0.05, 0) is 30.5 Å². The van der Waals surface area contributed by atoms with Gasteiger partial charge < -0.3 is 0 Å². The lowest BCUT2D eigenvalue weighted by Crippen LogP contribution is -1.85. The van der Waals surface area contributed by atoms with E-state index in [0.717, 1.165) is 34.6 Å². The smallest absolute Gasteiger partial charge is 0.169 e. The second-order valence-electron chi connectivity index (χ2n) is 4.17. The van der Waals surface area contributed by atoms with Gasteiger partial charge in [-0.2, -0.15) is 0 Å². The molecule has 2 nitrogen and oxygen atoms in total. The van der Waals surface area contributed by atoms with Crippen molar-refractivity contribution in [2.45, 2.75) is 18.8 Å². The molecule has 1 aromatic carbocycles. The van der Waals surface area contributed by atoms with Gasteiger partial charge in [0.1, 0.15) is 11.5 Å². The van der Waals surface area contributed by atoms with Crippen molar-refractivity contribution in [3.05, 3.63) is 40.8 Å². The summed E-state index contributed by atoms with van der Waals surface area (Å²) in [4.78, 5) is 16.2. The molecule has 0 saturated heterocycles. The summed E-state index contributed by atoms with van der Waals surface area (Å²) in [5.41, 5.74) is 1.33. The molecule has 1 aliphatic rings. The van der Waals surface area contributed by atoms with Crippen molar-refractivity contribution < 1.29 is 9.18 Å². The second kappa shape index (κ2) is 4.04. The lowest BCUT2D eigenvalue weighted by molar-refractivity contribution is 0.112. The number of carbonyl (C=O) groups excluding carboxylic acids is 1. The van der Waals surface area contributed by atoms with Crippen LogP contribution in [0, 0.1) is 5.82 Å². The average molecular weight is 247 g/mol. The first-order valence-electron chi connectivity index (χ1n) is 5.50. The molecule has 1 heterocycles. The summed E-state index contributed by atoms with van der Waals surface area (Å²) in [6, 6.07) is 6.18. The summed E-state index contributed by atoms with van der Waals surface area (Å²) < 4.78 is 12.8. The molecule has 1 aromatic heterocycles. The highest BCUT2D eigenvalue weighted by Gasteiger charge is 2.28. The zero-order valence-corrected chi connectivity index (χ0v) is 9.84. The Morgan fingerprint density at radius 3 is 2.59 bits per heavy atom. The van der Waals surface area contributed by atoms with Crippen LogP contribution in [0.25, 0.3) is 10.4 Å². The van der Waals surface area contributed by atoms with Gasteiger partial charge in [0.2, 0.25) is 0 Å². The average Bonchev–Trinajstić information content (AvgIpc) is 3.10. The van der Waals surface area contributed by atoms with Crippen LogP contribution in [0.4, 0.5) is 4.39 Å². The standard InChI is InChI=1S/C13H10FNOS/c14-10-5-3-8(4-6-10)12-11(7-16)15-13(17-12)9-1-2-9/h3-7,9H,1-2H2. The van der Waals surface area contributed by atoms with Gasteiger partial charge in [-0.3, -0.25) is 4.79 Å². The third kappa shape index (κ3) is 2.00. The minimum atomic E-state index is -0.270. The van der Waals surface area contributed by atoms with Crippen molar-refractivity contribution in [3.63, 3.8) is 0 Å². The van der Waals surface area contributed by atoms with Crippen LogP contribution in [-0.2, 0) is 0 Å². The first-order chi connectivity index (χ1) is 8.28. The molecule has 1 saturated carbocycles. The number of hydrogen-bond donors (Lipinski definition) is 0. The maximum Gasteiger partial charge on any atom is 0.169 e. The maximum atomic E-state index is 12.8. The van der Waals surface area contributed by atoms with E-state index in [9.17, 15) is 9.18 Å². The van der Waals surface area contributed by atoms with Crippen molar-refractivity contribution in [2.75, 3.05) is 0 Å². The van der Waals surface area contributed by atoms with Crippen LogP contribution in [-0.4, -0.2) is 11.3 Å². The molecule has 17 heavy (non-hydrogen) atoms. The normalized spacial score (nSPS) is 14.9. The van der Waals surface area contributed by atoms with Gasteiger partial charge in [0.15, 0.2) is 6.29 Å². The van der Waals surface area contributed by atoms with E-state index < -0.39 is 0 Å². The molecular formula is C13H10FNOS.